The van der Waals surface area contributed by atoms with Gasteiger partial charge in [-0.05, 0) is 68.5 Å². The molecule has 1 fully saturated rings. The number of imidazole rings is 1. The van der Waals surface area contributed by atoms with E-state index in [1.165, 1.54) is 6.33 Å². The number of fused-ring (bicyclic) bond motifs is 1. The van der Waals surface area contributed by atoms with E-state index < -0.39 is 32.4 Å². The van der Waals surface area contributed by atoms with Gasteiger partial charge in [0.1, 0.15) is 35.8 Å². The molecule has 1 aliphatic heterocycles. The van der Waals surface area contributed by atoms with Gasteiger partial charge >= 0.3 is 0 Å². The van der Waals surface area contributed by atoms with Crippen LogP contribution in [0.2, 0.25) is 5.04 Å². The number of nitrogens with one attached hydrogen (secondary N) is 1. The summed E-state index contributed by atoms with van der Waals surface area (Å²) in [4.78, 5) is 27.2. The second kappa shape index (κ2) is 18.9. The summed E-state index contributed by atoms with van der Waals surface area (Å²) < 4.78 is 35.9. The van der Waals surface area contributed by atoms with Crippen molar-refractivity contribution in [1.82, 2.24) is 19.5 Å². The molecule has 3 heterocycles. The van der Waals surface area contributed by atoms with Crippen LogP contribution >= 0.6 is 0 Å². The molecule has 0 bridgehead atoms. The molecule has 334 valence electrons. The van der Waals surface area contributed by atoms with E-state index in [0.29, 0.717) is 29.0 Å². The summed E-state index contributed by atoms with van der Waals surface area (Å²) in [5.41, 5.74) is 3.09. The minimum absolute atomic E-state index is 0.131. The van der Waals surface area contributed by atoms with Crippen molar-refractivity contribution in [1.29, 1.82) is 0 Å². The first-order valence-electron chi connectivity index (χ1n) is 22.1. The highest BCUT2D eigenvalue weighted by molar-refractivity contribution is 6.99. The zero-order valence-corrected chi connectivity index (χ0v) is 38.7. The van der Waals surface area contributed by atoms with Crippen LogP contribution in [0.25, 0.3) is 11.2 Å². The van der Waals surface area contributed by atoms with Crippen molar-refractivity contribution >= 4 is 41.6 Å². The molecular formula is C54H53N5O6Si. The second-order valence-corrected chi connectivity index (χ2v) is 21.6. The normalized spacial score (nSPS) is 16.5. The number of hydrogen-bond acceptors (Lipinski definition) is 9. The molecule has 8 aromatic rings. The smallest absolute Gasteiger partial charge is 0.261 e. The fraction of sp³-hybridized carbons (Fsp3) is 0.222. The number of carbonyl (C=O) groups excluding carboxylic acids is 1. The SMILES string of the molecule is COc1ccc(C(OC[C@H]2O[C@@H](n3cnc4c(NC(=O)c5ccccc5)ncnc43)C[C@@H]2O[Si](c2ccccc2)(c2ccccc2)C(C)(C)C)(c2ccccc2)c2ccc(OC)cc2)cc1. The number of anilines is 1. The van der Waals surface area contributed by atoms with Gasteiger partial charge in [-0.1, -0.05) is 154 Å². The maximum Gasteiger partial charge on any atom is 0.261 e. The molecule has 1 aliphatic rings. The molecule has 6 aromatic carbocycles. The average Bonchev–Trinajstić information content (AvgIpc) is 3.99. The number of carbonyl (C=O) groups is 1. The predicted octanol–water partition coefficient (Wildman–Crippen LogP) is 9.34. The first-order valence-corrected chi connectivity index (χ1v) is 24.0. The van der Waals surface area contributed by atoms with Crippen LogP contribution in [0.1, 0.15) is 60.5 Å². The molecule has 0 saturated carbocycles. The van der Waals surface area contributed by atoms with Crippen molar-refractivity contribution in [3.8, 4) is 11.5 Å². The summed E-state index contributed by atoms with van der Waals surface area (Å²) >= 11 is 0. The summed E-state index contributed by atoms with van der Waals surface area (Å²) in [6, 6.07) is 56.5. The standard InChI is InChI=1S/C54H53N5O6Si/c1-53(2,3)66(44-22-14-8-15-23-44,45-24-16-9-17-25-45)65-46-34-48(59-37-57-49-50(55-36-56-51(49)59)58-52(60)38-18-10-6-11-19-38)64-47(46)35-63-54(39-20-12-7-13-21-39,40-26-30-42(61-4)31-27-40)41-28-32-43(62-5)33-29-41/h6-33,36-37,46-48H,34-35H2,1-5H3,(H,55,56,58,60)/t46-,47+,48+/m0/s1. The largest absolute Gasteiger partial charge is 0.497 e. The Kier molecular flexibility index (Phi) is 12.6. The lowest BCUT2D eigenvalue weighted by Gasteiger charge is -2.45. The lowest BCUT2D eigenvalue weighted by molar-refractivity contribution is -0.0911. The molecule has 2 aromatic heterocycles. The molecule has 11 nitrogen and oxygen atoms in total. The third-order valence-corrected chi connectivity index (χ3v) is 17.6. The third-order valence-electron chi connectivity index (χ3n) is 12.5. The zero-order valence-electron chi connectivity index (χ0n) is 37.7. The highest BCUT2D eigenvalue weighted by atomic mass is 28.4. The Bertz CT molecular complexity index is 2770. The molecule has 0 aliphatic carbocycles. The zero-order chi connectivity index (χ0) is 45.7. The van der Waals surface area contributed by atoms with Gasteiger partial charge in [-0.3, -0.25) is 9.36 Å². The monoisotopic (exact) mass is 895 g/mol. The van der Waals surface area contributed by atoms with E-state index >= 15 is 0 Å². The molecule has 0 spiro atoms. The molecule has 1 amide bonds. The highest BCUT2D eigenvalue weighted by Gasteiger charge is 2.54. The molecule has 66 heavy (non-hydrogen) atoms. The number of ether oxygens (including phenoxy) is 4. The van der Waals surface area contributed by atoms with Crippen LogP contribution in [-0.4, -0.2) is 66.8 Å². The van der Waals surface area contributed by atoms with Crippen molar-refractivity contribution in [3.05, 3.63) is 205 Å². The van der Waals surface area contributed by atoms with Gasteiger partial charge in [-0.2, -0.15) is 0 Å². The van der Waals surface area contributed by atoms with Gasteiger partial charge in [0, 0.05) is 12.0 Å². The summed E-state index contributed by atoms with van der Waals surface area (Å²) in [5, 5.41) is 4.93. The first-order chi connectivity index (χ1) is 32.1. The molecule has 1 N–H and O–H groups in total. The molecule has 1 saturated heterocycles. The Morgan fingerprint density at radius 1 is 0.682 bits per heavy atom. The number of rotatable bonds is 15. The summed E-state index contributed by atoms with van der Waals surface area (Å²) in [7, 11) is 0.193. The van der Waals surface area contributed by atoms with Gasteiger partial charge in [-0.25, -0.2) is 15.0 Å². The van der Waals surface area contributed by atoms with Gasteiger partial charge < -0.3 is 28.7 Å². The van der Waals surface area contributed by atoms with Crippen LogP contribution in [0.4, 0.5) is 5.82 Å². The molecule has 0 radical (unpaired) electrons. The summed E-state index contributed by atoms with van der Waals surface area (Å²) in [6.07, 6.45) is 1.95. The van der Waals surface area contributed by atoms with Gasteiger partial charge in [0.25, 0.3) is 14.2 Å². The number of hydrogen-bond donors (Lipinski definition) is 1. The molecule has 12 heteroatoms. The van der Waals surface area contributed by atoms with Crippen molar-refractivity contribution in [2.24, 2.45) is 0 Å². The third kappa shape index (κ3) is 8.40. The van der Waals surface area contributed by atoms with E-state index in [4.69, 9.17) is 33.3 Å². The second-order valence-electron chi connectivity index (χ2n) is 17.4. The molecule has 0 unspecified atom stereocenters. The van der Waals surface area contributed by atoms with E-state index in [1.807, 2.05) is 77.4 Å². The van der Waals surface area contributed by atoms with Crippen LogP contribution in [0.5, 0.6) is 11.5 Å². The highest BCUT2D eigenvalue weighted by Crippen LogP contribution is 2.45. The van der Waals surface area contributed by atoms with Crippen molar-refractivity contribution in [2.45, 2.75) is 56.3 Å². The van der Waals surface area contributed by atoms with E-state index in [1.54, 1.807) is 32.7 Å². The fourth-order valence-corrected chi connectivity index (χ4v) is 14.0. The maximum absolute atomic E-state index is 13.3. The van der Waals surface area contributed by atoms with Gasteiger partial charge in [0.15, 0.2) is 17.0 Å². The summed E-state index contributed by atoms with van der Waals surface area (Å²) in [5.74, 6) is 1.47. The Labute approximate surface area is 386 Å². The maximum atomic E-state index is 13.3. The van der Waals surface area contributed by atoms with Gasteiger partial charge in [0.05, 0.1) is 33.3 Å². The van der Waals surface area contributed by atoms with E-state index in [-0.39, 0.29) is 17.6 Å². The average molecular weight is 896 g/mol. The first kappa shape index (κ1) is 44.2. The Balaban J connectivity index is 1.16. The van der Waals surface area contributed by atoms with Crippen LogP contribution in [0, 0.1) is 0 Å². The Hall–Kier alpha value is -6.96. The van der Waals surface area contributed by atoms with Gasteiger partial charge in [-0.15, -0.1) is 0 Å². The van der Waals surface area contributed by atoms with E-state index in [9.17, 15) is 4.79 Å². The Morgan fingerprint density at radius 2 is 1.20 bits per heavy atom. The molecule has 9 rings (SSSR count). The number of amides is 1. The van der Waals surface area contributed by atoms with Crippen LogP contribution < -0.4 is 25.2 Å². The van der Waals surface area contributed by atoms with Crippen LogP contribution in [0.3, 0.4) is 0 Å². The Morgan fingerprint density at radius 3 is 1.73 bits per heavy atom. The quantitative estimate of drug-likeness (QED) is 0.0794. The van der Waals surface area contributed by atoms with Crippen molar-refractivity contribution in [2.75, 3.05) is 26.1 Å². The predicted molar refractivity (Wildman–Crippen MR) is 259 cm³/mol. The number of methoxy groups -OCH3 is 2. The summed E-state index contributed by atoms with van der Waals surface area (Å²) in [6.45, 7) is 6.96. The molecular weight excluding hydrogens is 843 g/mol. The van der Waals surface area contributed by atoms with E-state index in [2.05, 4.69) is 116 Å². The number of benzene rings is 6. The topological polar surface area (TPSA) is 119 Å². The van der Waals surface area contributed by atoms with Crippen molar-refractivity contribution < 1.29 is 28.2 Å². The van der Waals surface area contributed by atoms with E-state index in [0.717, 1.165) is 38.6 Å². The van der Waals surface area contributed by atoms with Crippen molar-refractivity contribution in [3.63, 3.8) is 0 Å². The minimum atomic E-state index is -3.13. The fourth-order valence-electron chi connectivity index (χ4n) is 9.27. The lowest BCUT2D eigenvalue weighted by Crippen LogP contribution is -2.68. The minimum Gasteiger partial charge on any atom is -0.497 e. The number of aromatic nitrogens is 4. The molecule has 3 atom stereocenters. The van der Waals surface area contributed by atoms with Crippen LogP contribution in [0.15, 0.2) is 183 Å². The number of nitrogens with zero attached hydrogens (tertiary/aromatic N) is 4. The van der Waals surface area contributed by atoms with Gasteiger partial charge in [0.2, 0.25) is 0 Å². The lowest BCUT2D eigenvalue weighted by atomic mass is 9.80. The van der Waals surface area contributed by atoms with Crippen LogP contribution in [-0.2, 0) is 19.5 Å².